The van der Waals surface area contributed by atoms with Crippen LogP contribution in [0.4, 0.5) is 0 Å². The van der Waals surface area contributed by atoms with Gasteiger partial charge in [-0.15, -0.1) is 0 Å². The summed E-state index contributed by atoms with van der Waals surface area (Å²) in [5.41, 5.74) is 0. The Morgan fingerprint density at radius 1 is 0.711 bits per heavy atom. The van der Waals surface area contributed by atoms with Gasteiger partial charge in [0.25, 0.3) is 0 Å². The highest BCUT2D eigenvalue weighted by Gasteiger charge is 2.51. The molecule has 0 saturated heterocycles. The third kappa shape index (κ3) is 12.8. The largest absolute Gasteiger partial charge is 0.472 e. The van der Waals surface area contributed by atoms with E-state index < -0.39 is 75.7 Å². The third-order valence-corrected chi connectivity index (χ3v) is 7.15. The first kappa shape index (κ1) is 34.9. The Hall–Kier alpha value is -1.15. The highest BCUT2D eigenvalue weighted by Crippen LogP contribution is 2.47. The Balaban J connectivity index is 2.63. The molecule has 1 fully saturated rings. The zero-order valence-corrected chi connectivity index (χ0v) is 23.1. The molecular weight excluding hydrogens is 527 g/mol. The Morgan fingerprint density at radius 2 is 1.24 bits per heavy atom. The second-order valence-electron chi connectivity index (χ2n) is 9.56. The van der Waals surface area contributed by atoms with Crippen LogP contribution in [0.3, 0.4) is 0 Å². The fourth-order valence-electron chi connectivity index (χ4n) is 3.91. The van der Waals surface area contributed by atoms with E-state index in [1.807, 2.05) is 0 Å². The van der Waals surface area contributed by atoms with Crippen molar-refractivity contribution in [2.45, 2.75) is 127 Å². The van der Waals surface area contributed by atoms with Gasteiger partial charge in [-0.2, -0.15) is 0 Å². The Labute approximate surface area is 223 Å². The summed E-state index contributed by atoms with van der Waals surface area (Å²) in [5, 5.41) is 49.2. The van der Waals surface area contributed by atoms with Gasteiger partial charge in [0, 0.05) is 12.8 Å². The fourth-order valence-corrected chi connectivity index (χ4v) is 4.88. The highest BCUT2D eigenvalue weighted by molar-refractivity contribution is 7.47. The van der Waals surface area contributed by atoms with Gasteiger partial charge in [-0.05, 0) is 12.8 Å². The standard InChI is InChI=1S/C24H45O13P/c1-3-5-6-7-8-9-10-11-13-18(26)36-16(14-34-17(25)12-4-2)15-35-38(32,33)37-24-22(30)20(28)19(27)21(29)23(24)31/h16,19-24,27-31H,3-15H2,1-2H3,(H,32,33). The zero-order valence-electron chi connectivity index (χ0n) is 22.2. The van der Waals surface area contributed by atoms with Crippen LogP contribution < -0.4 is 0 Å². The molecule has 14 heteroatoms. The van der Waals surface area contributed by atoms with Crippen LogP contribution in [-0.2, 0) is 32.7 Å². The SMILES string of the molecule is CCCCCCCCCCC(=O)OC(COC(=O)CCC)COP(=O)(O)OC1C(O)C(O)C(O)C(O)C1O. The average molecular weight is 573 g/mol. The first-order valence-corrected chi connectivity index (χ1v) is 14.8. The minimum Gasteiger partial charge on any atom is -0.462 e. The predicted molar refractivity (Wildman–Crippen MR) is 134 cm³/mol. The summed E-state index contributed by atoms with van der Waals surface area (Å²) in [6, 6.07) is 0. The summed E-state index contributed by atoms with van der Waals surface area (Å²) in [6.45, 7) is 2.74. The number of unbranched alkanes of at least 4 members (excludes halogenated alkanes) is 7. The molecule has 1 aliphatic rings. The fraction of sp³-hybridized carbons (Fsp3) is 0.917. The first-order chi connectivity index (χ1) is 17.9. The van der Waals surface area contributed by atoms with Gasteiger partial charge in [-0.25, -0.2) is 4.57 Å². The van der Waals surface area contributed by atoms with Crippen molar-refractivity contribution in [3.05, 3.63) is 0 Å². The second kappa shape index (κ2) is 18.2. The van der Waals surface area contributed by atoms with Crippen molar-refractivity contribution in [3.8, 4) is 0 Å². The summed E-state index contributed by atoms with van der Waals surface area (Å²) in [4.78, 5) is 34.1. The maximum absolute atomic E-state index is 12.5. The molecule has 1 aliphatic carbocycles. The molecule has 0 amide bonds. The monoisotopic (exact) mass is 572 g/mol. The van der Waals surface area contributed by atoms with Crippen molar-refractivity contribution in [3.63, 3.8) is 0 Å². The number of aliphatic hydroxyl groups excluding tert-OH is 5. The van der Waals surface area contributed by atoms with Gasteiger partial charge in [0.15, 0.2) is 6.10 Å². The molecule has 0 aromatic rings. The Kier molecular flexibility index (Phi) is 16.7. The van der Waals surface area contributed by atoms with Gasteiger partial charge in [0.05, 0.1) is 6.61 Å². The van der Waals surface area contributed by atoms with Crippen LogP contribution in [-0.4, -0.2) is 98.3 Å². The molecule has 38 heavy (non-hydrogen) atoms. The van der Waals surface area contributed by atoms with E-state index in [1.165, 1.54) is 19.3 Å². The van der Waals surface area contributed by atoms with Crippen molar-refractivity contribution >= 4 is 19.8 Å². The molecule has 0 radical (unpaired) electrons. The second-order valence-corrected chi connectivity index (χ2v) is 11.0. The van der Waals surface area contributed by atoms with Crippen LogP contribution in [0, 0.1) is 0 Å². The molecule has 6 N–H and O–H groups in total. The van der Waals surface area contributed by atoms with E-state index in [1.54, 1.807) is 6.92 Å². The summed E-state index contributed by atoms with van der Waals surface area (Å²) in [5.74, 6) is -1.17. The van der Waals surface area contributed by atoms with Gasteiger partial charge in [0.1, 0.15) is 43.2 Å². The number of rotatable bonds is 19. The number of hydrogen-bond acceptors (Lipinski definition) is 12. The van der Waals surface area contributed by atoms with E-state index in [-0.39, 0.29) is 12.8 Å². The molecule has 0 aromatic heterocycles. The number of carbonyl (C=O) groups is 2. The van der Waals surface area contributed by atoms with E-state index in [9.17, 15) is 44.6 Å². The van der Waals surface area contributed by atoms with Crippen molar-refractivity contribution in [1.29, 1.82) is 0 Å². The number of phosphoric ester groups is 1. The van der Waals surface area contributed by atoms with Crippen LogP contribution in [0.1, 0.15) is 84.5 Å². The van der Waals surface area contributed by atoms with Crippen molar-refractivity contribution in [2.75, 3.05) is 13.2 Å². The number of carbonyl (C=O) groups excluding carboxylic acids is 2. The van der Waals surface area contributed by atoms with Crippen molar-refractivity contribution < 1.29 is 63.1 Å². The van der Waals surface area contributed by atoms with E-state index in [4.69, 9.17) is 18.5 Å². The molecule has 0 bridgehead atoms. The minimum atomic E-state index is -5.06. The van der Waals surface area contributed by atoms with E-state index >= 15 is 0 Å². The Morgan fingerprint density at radius 3 is 1.79 bits per heavy atom. The number of aliphatic hydroxyl groups is 5. The molecule has 1 rings (SSSR count). The summed E-state index contributed by atoms with van der Waals surface area (Å²) in [7, 11) is -5.06. The topological polar surface area (TPSA) is 210 Å². The summed E-state index contributed by atoms with van der Waals surface area (Å²) < 4.78 is 32.4. The normalized spacial score (nSPS) is 27.9. The first-order valence-electron chi connectivity index (χ1n) is 13.3. The molecule has 0 aromatic carbocycles. The lowest BCUT2D eigenvalue weighted by Gasteiger charge is -2.41. The average Bonchev–Trinajstić information content (AvgIpc) is 2.87. The highest BCUT2D eigenvalue weighted by atomic mass is 31.2. The van der Waals surface area contributed by atoms with E-state index in [0.717, 1.165) is 25.7 Å². The number of phosphoric acid groups is 1. The van der Waals surface area contributed by atoms with Crippen molar-refractivity contribution in [2.24, 2.45) is 0 Å². The molecule has 224 valence electrons. The molecule has 0 spiro atoms. The molecule has 0 heterocycles. The maximum atomic E-state index is 12.5. The van der Waals surface area contributed by atoms with E-state index in [0.29, 0.717) is 12.8 Å². The lowest BCUT2D eigenvalue weighted by molar-refractivity contribution is -0.220. The number of ether oxygens (including phenoxy) is 2. The van der Waals surface area contributed by atoms with Crippen LogP contribution >= 0.6 is 7.82 Å². The van der Waals surface area contributed by atoms with Crippen LogP contribution in [0.5, 0.6) is 0 Å². The predicted octanol–water partition coefficient (Wildman–Crippen LogP) is 1.09. The molecule has 0 aliphatic heterocycles. The molecule has 13 nitrogen and oxygen atoms in total. The van der Waals surface area contributed by atoms with Crippen molar-refractivity contribution in [1.82, 2.24) is 0 Å². The van der Waals surface area contributed by atoms with Gasteiger partial charge in [0.2, 0.25) is 0 Å². The molecule has 6 unspecified atom stereocenters. The number of esters is 2. The van der Waals surface area contributed by atoms with E-state index in [2.05, 4.69) is 6.92 Å². The quantitative estimate of drug-likeness (QED) is 0.0728. The van der Waals surface area contributed by atoms with Crippen LogP contribution in [0.2, 0.25) is 0 Å². The molecule has 1 saturated carbocycles. The maximum Gasteiger partial charge on any atom is 0.472 e. The lowest BCUT2D eigenvalue weighted by Crippen LogP contribution is -2.64. The van der Waals surface area contributed by atoms with Gasteiger partial charge in [-0.1, -0.05) is 58.8 Å². The Bertz CT molecular complexity index is 720. The van der Waals surface area contributed by atoms with Gasteiger partial charge in [-0.3, -0.25) is 18.6 Å². The summed E-state index contributed by atoms with van der Waals surface area (Å²) >= 11 is 0. The van der Waals surface area contributed by atoms with Gasteiger partial charge >= 0.3 is 19.8 Å². The van der Waals surface area contributed by atoms with Gasteiger partial charge < -0.3 is 39.9 Å². The van der Waals surface area contributed by atoms with Crippen LogP contribution in [0.15, 0.2) is 0 Å². The lowest BCUT2D eigenvalue weighted by atomic mass is 9.85. The summed E-state index contributed by atoms with van der Waals surface area (Å²) in [6.07, 6.45) is -4.18. The van der Waals surface area contributed by atoms with Crippen LogP contribution in [0.25, 0.3) is 0 Å². The minimum absolute atomic E-state index is 0.0974. The third-order valence-electron chi connectivity index (χ3n) is 6.17. The molecular formula is C24H45O13P. The zero-order chi connectivity index (χ0) is 28.7. The molecule has 6 atom stereocenters. The number of hydrogen-bond donors (Lipinski definition) is 6. The smallest absolute Gasteiger partial charge is 0.462 e.